The molecule has 6 nitrogen and oxygen atoms in total. The summed E-state index contributed by atoms with van der Waals surface area (Å²) in [5.41, 5.74) is 2.62. The van der Waals surface area contributed by atoms with Gasteiger partial charge in [0.25, 0.3) is 0 Å². The average molecular weight is 296 g/mol. The van der Waals surface area contributed by atoms with Gasteiger partial charge in [-0.15, -0.1) is 0 Å². The predicted molar refractivity (Wildman–Crippen MR) is 87.1 cm³/mol. The van der Waals surface area contributed by atoms with Gasteiger partial charge < -0.3 is 20.6 Å². The van der Waals surface area contributed by atoms with Gasteiger partial charge in [0, 0.05) is 11.4 Å². The Hall–Kier alpha value is -3.02. The number of aromatic amines is 2. The highest BCUT2D eigenvalue weighted by Crippen LogP contribution is 2.15. The Labute approximate surface area is 126 Å². The molecule has 0 saturated heterocycles. The van der Waals surface area contributed by atoms with Crippen molar-refractivity contribution < 1.29 is 4.79 Å². The van der Waals surface area contributed by atoms with Gasteiger partial charge in [0.15, 0.2) is 0 Å². The summed E-state index contributed by atoms with van der Waals surface area (Å²) in [6.45, 7) is 1.79. The van der Waals surface area contributed by atoms with Crippen molar-refractivity contribution in [3.8, 4) is 0 Å². The predicted octanol–water partition coefficient (Wildman–Crippen LogP) is 2.30. The van der Waals surface area contributed by atoms with Crippen molar-refractivity contribution >= 4 is 28.3 Å². The first-order valence-electron chi connectivity index (χ1n) is 6.96. The lowest BCUT2D eigenvalue weighted by Gasteiger charge is -2.15. The van der Waals surface area contributed by atoms with Crippen LogP contribution >= 0.6 is 0 Å². The summed E-state index contributed by atoms with van der Waals surface area (Å²) in [6.07, 6.45) is 0. The van der Waals surface area contributed by atoms with Gasteiger partial charge in [0.05, 0.1) is 11.0 Å². The minimum absolute atomic E-state index is 0.152. The van der Waals surface area contributed by atoms with Crippen LogP contribution < -0.4 is 16.3 Å². The number of para-hydroxylation sites is 1. The molecule has 1 amide bonds. The minimum Gasteiger partial charge on any atom is -0.374 e. The molecule has 0 aliphatic carbocycles. The zero-order valence-electron chi connectivity index (χ0n) is 12.0. The van der Waals surface area contributed by atoms with Crippen molar-refractivity contribution in [3.05, 3.63) is 59.0 Å². The van der Waals surface area contributed by atoms with Crippen LogP contribution in [0, 0.1) is 0 Å². The van der Waals surface area contributed by atoms with Gasteiger partial charge in [0.2, 0.25) is 5.91 Å². The second kappa shape index (κ2) is 5.77. The van der Waals surface area contributed by atoms with Crippen LogP contribution in [0.15, 0.2) is 53.3 Å². The number of carbonyl (C=O) groups is 1. The number of hydrogen-bond acceptors (Lipinski definition) is 3. The van der Waals surface area contributed by atoms with E-state index in [-0.39, 0.29) is 17.6 Å². The second-order valence-corrected chi connectivity index (χ2v) is 5.06. The highest BCUT2D eigenvalue weighted by molar-refractivity contribution is 5.97. The topological polar surface area (TPSA) is 89.8 Å². The van der Waals surface area contributed by atoms with Crippen molar-refractivity contribution in [2.45, 2.75) is 13.0 Å². The SMILES string of the molecule is CC(Nc1ccccc1)C(=O)Nc1ccc2[nH]c(=O)[nH]c2c1. The smallest absolute Gasteiger partial charge is 0.323 e. The fourth-order valence-corrected chi connectivity index (χ4v) is 2.21. The molecule has 0 aliphatic heterocycles. The van der Waals surface area contributed by atoms with Crippen LogP contribution in [0.25, 0.3) is 11.0 Å². The van der Waals surface area contributed by atoms with Crippen molar-refractivity contribution in [3.63, 3.8) is 0 Å². The molecule has 1 heterocycles. The first-order valence-corrected chi connectivity index (χ1v) is 6.96. The lowest BCUT2D eigenvalue weighted by molar-refractivity contribution is -0.116. The summed E-state index contributed by atoms with van der Waals surface area (Å²) in [5, 5.41) is 5.95. The summed E-state index contributed by atoms with van der Waals surface area (Å²) in [5.74, 6) is -0.152. The Morgan fingerprint density at radius 3 is 2.50 bits per heavy atom. The van der Waals surface area contributed by atoms with Crippen molar-refractivity contribution in [1.82, 2.24) is 9.97 Å². The fraction of sp³-hybridized carbons (Fsp3) is 0.125. The molecular weight excluding hydrogens is 280 g/mol. The van der Waals surface area contributed by atoms with E-state index in [4.69, 9.17) is 0 Å². The number of anilines is 2. The van der Waals surface area contributed by atoms with Crippen LogP contribution in [0.4, 0.5) is 11.4 Å². The number of imidazole rings is 1. The van der Waals surface area contributed by atoms with E-state index in [0.717, 1.165) is 5.69 Å². The first-order chi connectivity index (χ1) is 10.6. The molecule has 22 heavy (non-hydrogen) atoms. The molecule has 1 aromatic heterocycles. The molecule has 0 fully saturated rings. The molecule has 4 N–H and O–H groups in total. The second-order valence-electron chi connectivity index (χ2n) is 5.06. The van der Waals surface area contributed by atoms with E-state index in [9.17, 15) is 9.59 Å². The van der Waals surface area contributed by atoms with Crippen LogP contribution in [0.3, 0.4) is 0 Å². The van der Waals surface area contributed by atoms with Gasteiger partial charge in [-0.3, -0.25) is 4.79 Å². The molecule has 3 aromatic rings. The molecule has 3 rings (SSSR count). The number of rotatable bonds is 4. The van der Waals surface area contributed by atoms with Gasteiger partial charge in [-0.2, -0.15) is 0 Å². The lowest BCUT2D eigenvalue weighted by Crippen LogP contribution is -2.31. The maximum absolute atomic E-state index is 12.2. The number of benzene rings is 2. The molecule has 0 saturated carbocycles. The largest absolute Gasteiger partial charge is 0.374 e. The number of hydrogen-bond donors (Lipinski definition) is 4. The fourth-order valence-electron chi connectivity index (χ4n) is 2.21. The zero-order valence-corrected chi connectivity index (χ0v) is 12.0. The average Bonchev–Trinajstić information content (AvgIpc) is 2.87. The van der Waals surface area contributed by atoms with Crippen LogP contribution in [-0.4, -0.2) is 21.9 Å². The van der Waals surface area contributed by atoms with Crippen molar-refractivity contribution in [2.24, 2.45) is 0 Å². The van der Waals surface area contributed by atoms with Crippen LogP contribution in [0.5, 0.6) is 0 Å². The third-order valence-electron chi connectivity index (χ3n) is 3.33. The molecule has 0 spiro atoms. The molecule has 112 valence electrons. The summed E-state index contributed by atoms with van der Waals surface area (Å²) in [4.78, 5) is 28.8. The van der Waals surface area contributed by atoms with E-state index in [1.807, 2.05) is 30.3 Å². The summed E-state index contributed by atoms with van der Waals surface area (Å²) >= 11 is 0. The van der Waals surface area contributed by atoms with E-state index < -0.39 is 0 Å². The van der Waals surface area contributed by atoms with Crippen molar-refractivity contribution in [1.29, 1.82) is 0 Å². The monoisotopic (exact) mass is 296 g/mol. The number of aromatic nitrogens is 2. The highest BCUT2D eigenvalue weighted by Gasteiger charge is 2.13. The Balaban J connectivity index is 1.70. The van der Waals surface area contributed by atoms with Crippen LogP contribution in [0.1, 0.15) is 6.92 Å². The molecular formula is C16H16N4O2. The Kier molecular flexibility index (Phi) is 3.65. The first kappa shape index (κ1) is 13.9. The normalized spacial score (nSPS) is 12.0. The van der Waals surface area contributed by atoms with Crippen LogP contribution in [0.2, 0.25) is 0 Å². The lowest BCUT2D eigenvalue weighted by atomic mass is 10.2. The van der Waals surface area contributed by atoms with Crippen molar-refractivity contribution in [2.75, 3.05) is 10.6 Å². The molecule has 0 bridgehead atoms. The zero-order chi connectivity index (χ0) is 15.5. The van der Waals surface area contributed by atoms with Gasteiger partial charge in [0.1, 0.15) is 6.04 Å². The van der Waals surface area contributed by atoms with Gasteiger partial charge in [-0.25, -0.2) is 4.79 Å². The summed E-state index contributed by atoms with van der Waals surface area (Å²) in [7, 11) is 0. The Bertz CT molecular complexity index is 851. The Morgan fingerprint density at radius 2 is 1.73 bits per heavy atom. The number of amides is 1. The van der Waals surface area contributed by atoms with Gasteiger partial charge in [-0.1, -0.05) is 18.2 Å². The molecule has 2 aromatic carbocycles. The summed E-state index contributed by atoms with van der Waals surface area (Å²) < 4.78 is 0. The Morgan fingerprint density at radius 1 is 1.00 bits per heavy atom. The van der Waals surface area contributed by atoms with E-state index >= 15 is 0 Å². The van der Waals surface area contributed by atoms with E-state index in [2.05, 4.69) is 20.6 Å². The van der Waals surface area contributed by atoms with Gasteiger partial charge in [-0.05, 0) is 37.3 Å². The molecule has 1 atom stereocenters. The quantitative estimate of drug-likeness (QED) is 0.595. The van der Waals surface area contributed by atoms with Gasteiger partial charge >= 0.3 is 5.69 Å². The molecule has 0 radical (unpaired) electrons. The molecule has 6 heteroatoms. The van der Waals surface area contributed by atoms with E-state index in [1.54, 1.807) is 25.1 Å². The summed E-state index contributed by atoms with van der Waals surface area (Å²) in [6, 6.07) is 14.4. The van der Waals surface area contributed by atoms with E-state index in [0.29, 0.717) is 16.7 Å². The number of H-pyrrole nitrogens is 2. The standard InChI is InChI=1S/C16H16N4O2/c1-10(17-11-5-3-2-4-6-11)15(21)18-12-7-8-13-14(9-12)20-16(22)19-13/h2-10,17H,1H3,(H,18,21)(H2,19,20,22). The third kappa shape index (κ3) is 3.01. The maximum atomic E-state index is 12.2. The maximum Gasteiger partial charge on any atom is 0.323 e. The number of nitrogens with one attached hydrogen (secondary N) is 4. The van der Waals surface area contributed by atoms with E-state index in [1.165, 1.54) is 0 Å². The molecule has 1 unspecified atom stereocenters. The molecule has 0 aliphatic rings. The van der Waals surface area contributed by atoms with Crippen LogP contribution in [-0.2, 0) is 4.79 Å². The third-order valence-corrected chi connectivity index (χ3v) is 3.33. The highest BCUT2D eigenvalue weighted by atomic mass is 16.2. The number of fused-ring (bicyclic) bond motifs is 1. The number of carbonyl (C=O) groups excluding carboxylic acids is 1. The minimum atomic E-state index is -0.386.